The maximum atomic E-state index is 2.39. The van der Waals surface area contributed by atoms with Crippen molar-refractivity contribution in [2.75, 3.05) is 0 Å². The third-order valence-corrected chi connectivity index (χ3v) is 11.6. The molecule has 0 aliphatic heterocycles. The minimum Gasteiger partial charge on any atom is -0.140 e. The van der Waals surface area contributed by atoms with E-state index in [0.29, 0.717) is 0 Å². The van der Waals surface area contributed by atoms with Crippen LogP contribution in [0, 0.1) is 0 Å². The van der Waals surface area contributed by atoms with Gasteiger partial charge in [-0.25, -0.2) is 0 Å². The Morgan fingerprint density at radius 2 is 0.750 bits per heavy atom. The van der Waals surface area contributed by atoms with Crippen LogP contribution in [0.25, 0.3) is 53.2 Å². The van der Waals surface area contributed by atoms with Crippen molar-refractivity contribution in [2.45, 2.75) is 104 Å². The van der Waals surface area contributed by atoms with Gasteiger partial charge >= 0.3 is 0 Å². The summed E-state index contributed by atoms with van der Waals surface area (Å²) in [7, 11) is 0. The number of rotatable bonds is 16. The summed E-state index contributed by atoms with van der Waals surface area (Å²) in [6.45, 7) is 4.58. The molecule has 228 valence electrons. The molecule has 0 radical (unpaired) electrons. The van der Waals surface area contributed by atoms with Gasteiger partial charge in [-0.1, -0.05) is 102 Å². The number of unbranched alkanes of at least 4 members (excludes halogenated alkanes) is 10. The van der Waals surface area contributed by atoms with Crippen LogP contribution < -0.4 is 0 Å². The third-order valence-electron chi connectivity index (χ3n) is 9.20. The Morgan fingerprint density at radius 3 is 1.20 bits per heavy atom. The van der Waals surface area contributed by atoms with Crippen molar-refractivity contribution in [2.24, 2.45) is 0 Å². The predicted molar refractivity (Wildman–Crippen MR) is 200 cm³/mol. The lowest BCUT2D eigenvalue weighted by molar-refractivity contribution is 0.609. The van der Waals surface area contributed by atoms with Gasteiger partial charge in [-0.3, -0.25) is 0 Å². The Hall–Kier alpha value is -2.94. The third kappa shape index (κ3) is 7.82. The molecule has 2 aromatic heterocycles. The van der Waals surface area contributed by atoms with E-state index in [0.717, 1.165) is 0 Å². The molecule has 0 aliphatic rings. The highest BCUT2D eigenvalue weighted by atomic mass is 32.1. The quantitative estimate of drug-likeness (QED) is 0.0749. The summed E-state index contributed by atoms with van der Waals surface area (Å²) in [6, 6.07) is 32.9. The van der Waals surface area contributed by atoms with Gasteiger partial charge in [0.1, 0.15) is 0 Å². The van der Waals surface area contributed by atoms with Gasteiger partial charge in [0.05, 0.1) is 0 Å². The Kier molecular flexibility index (Phi) is 10.8. The lowest BCUT2D eigenvalue weighted by Gasteiger charge is -2.08. The van der Waals surface area contributed by atoms with E-state index in [-0.39, 0.29) is 0 Å². The zero-order valence-electron chi connectivity index (χ0n) is 26.8. The normalized spacial score (nSPS) is 11.8. The second-order valence-electron chi connectivity index (χ2n) is 12.7. The number of hydrogen-bond donors (Lipinski definition) is 0. The summed E-state index contributed by atoms with van der Waals surface area (Å²) < 4.78 is 0. The summed E-state index contributed by atoms with van der Waals surface area (Å²) in [6.07, 6.45) is 18.8. The molecule has 0 unspecified atom stereocenters. The monoisotopic (exact) mass is 616 g/mol. The summed E-state index contributed by atoms with van der Waals surface area (Å²) in [4.78, 5) is 5.83. The molecular formula is C42H48S2. The first-order valence-corrected chi connectivity index (χ1v) is 18.9. The maximum absolute atomic E-state index is 2.39. The largest absolute Gasteiger partial charge is 0.140 e. The minimum atomic E-state index is 1.22. The van der Waals surface area contributed by atoms with Crippen LogP contribution in [0.1, 0.15) is 101 Å². The van der Waals surface area contributed by atoms with Crippen molar-refractivity contribution in [3.05, 3.63) is 94.7 Å². The first kappa shape index (κ1) is 31.1. The van der Waals surface area contributed by atoms with E-state index >= 15 is 0 Å². The van der Waals surface area contributed by atoms with Crippen molar-refractivity contribution < 1.29 is 0 Å². The molecule has 4 aromatic carbocycles. The van der Waals surface area contributed by atoms with E-state index in [4.69, 9.17) is 0 Å². The van der Waals surface area contributed by atoms with Crippen molar-refractivity contribution in [3.8, 4) is 20.9 Å². The van der Waals surface area contributed by atoms with Crippen LogP contribution >= 0.6 is 22.7 Å². The molecule has 0 fully saturated rings. The Bertz CT molecular complexity index is 1670. The molecular weight excluding hydrogens is 569 g/mol. The molecule has 6 aromatic rings. The second kappa shape index (κ2) is 15.4. The molecule has 2 heterocycles. The van der Waals surface area contributed by atoms with Crippen LogP contribution in [0.5, 0.6) is 0 Å². The molecule has 2 heteroatoms. The van der Waals surface area contributed by atoms with Crippen molar-refractivity contribution in [1.82, 2.24) is 0 Å². The van der Waals surface area contributed by atoms with E-state index in [1.54, 1.807) is 0 Å². The van der Waals surface area contributed by atoms with Crippen LogP contribution in [0.2, 0.25) is 0 Å². The van der Waals surface area contributed by atoms with E-state index in [2.05, 4.69) is 98.8 Å². The minimum absolute atomic E-state index is 1.22. The van der Waals surface area contributed by atoms with Crippen LogP contribution in [-0.2, 0) is 12.8 Å². The number of thiophene rings is 2. The van der Waals surface area contributed by atoms with Gasteiger partial charge in [-0.2, -0.15) is 0 Å². The maximum Gasteiger partial charge on any atom is 0.0345 e. The van der Waals surface area contributed by atoms with Crippen molar-refractivity contribution in [1.29, 1.82) is 0 Å². The molecule has 0 aliphatic carbocycles. The highest BCUT2D eigenvalue weighted by molar-refractivity contribution is 7.15. The first-order chi connectivity index (χ1) is 21.7. The van der Waals surface area contributed by atoms with Crippen molar-refractivity contribution >= 4 is 55.0 Å². The zero-order chi connectivity index (χ0) is 30.1. The number of aryl methyl sites for hydroxylation is 2. The molecule has 0 nitrogen and oxygen atoms in total. The molecule has 0 amide bonds. The first-order valence-electron chi connectivity index (χ1n) is 17.3. The Labute approximate surface area is 273 Å². The molecule has 0 atom stereocenters. The topological polar surface area (TPSA) is 0 Å². The highest BCUT2D eigenvalue weighted by Crippen LogP contribution is 2.36. The van der Waals surface area contributed by atoms with Crippen LogP contribution in [-0.4, -0.2) is 0 Å². The standard InChI is InChI=1S/C42H48S2/c1-3-5-7-9-11-13-15-39-21-23-41(43-39)33-19-17-31-25-38-30-36-28-34(20-18-32(36)26-37(38)29-35(31)27-33)42-24-22-40(44-42)16-14-12-10-8-6-4-2/h17-30H,3-16H2,1-2H3. The molecule has 0 saturated heterocycles. The van der Waals surface area contributed by atoms with Gasteiger partial charge in [-0.15, -0.1) is 22.7 Å². The van der Waals surface area contributed by atoms with E-state index in [1.807, 2.05) is 22.7 Å². The zero-order valence-corrected chi connectivity index (χ0v) is 28.4. The van der Waals surface area contributed by atoms with Gasteiger partial charge in [0.2, 0.25) is 0 Å². The Balaban J connectivity index is 1.15. The summed E-state index contributed by atoms with van der Waals surface area (Å²) in [5, 5.41) is 7.93. The summed E-state index contributed by atoms with van der Waals surface area (Å²) in [5.74, 6) is 0. The molecule has 0 saturated carbocycles. The lowest BCUT2D eigenvalue weighted by atomic mass is 9.97. The molecule has 0 bridgehead atoms. The van der Waals surface area contributed by atoms with E-state index < -0.39 is 0 Å². The molecule has 6 rings (SSSR count). The van der Waals surface area contributed by atoms with Gasteiger partial charge in [0, 0.05) is 19.5 Å². The SMILES string of the molecule is CCCCCCCCc1ccc(-c2ccc3cc4cc5cc(-c6ccc(CCCCCCCC)s6)ccc5cc4cc3c2)s1. The Morgan fingerprint density at radius 1 is 0.364 bits per heavy atom. The number of hydrogen-bond acceptors (Lipinski definition) is 2. The fraction of sp³-hybridized carbons (Fsp3) is 0.381. The molecule has 0 spiro atoms. The number of benzene rings is 4. The highest BCUT2D eigenvalue weighted by Gasteiger charge is 2.09. The van der Waals surface area contributed by atoms with Gasteiger partial charge in [0.25, 0.3) is 0 Å². The fourth-order valence-corrected chi connectivity index (χ4v) is 8.64. The van der Waals surface area contributed by atoms with E-state index in [1.165, 1.54) is 153 Å². The summed E-state index contributed by atoms with van der Waals surface area (Å²) in [5.41, 5.74) is 2.68. The molecule has 44 heavy (non-hydrogen) atoms. The van der Waals surface area contributed by atoms with E-state index in [9.17, 15) is 0 Å². The summed E-state index contributed by atoms with van der Waals surface area (Å²) >= 11 is 3.95. The average molecular weight is 617 g/mol. The van der Waals surface area contributed by atoms with Gasteiger partial charge in [0.15, 0.2) is 0 Å². The van der Waals surface area contributed by atoms with Crippen molar-refractivity contribution in [3.63, 3.8) is 0 Å². The van der Waals surface area contributed by atoms with Gasteiger partial charge < -0.3 is 0 Å². The smallest absolute Gasteiger partial charge is 0.0345 e. The second-order valence-corrected chi connectivity index (χ2v) is 15.1. The fourth-order valence-electron chi connectivity index (χ4n) is 6.55. The van der Waals surface area contributed by atoms with Crippen LogP contribution in [0.15, 0.2) is 84.9 Å². The predicted octanol–water partition coefficient (Wildman–Crippen LogP) is 14.4. The lowest BCUT2D eigenvalue weighted by Crippen LogP contribution is -1.82. The molecule has 0 N–H and O–H groups in total. The van der Waals surface area contributed by atoms with Gasteiger partial charge in [-0.05, 0) is 130 Å². The van der Waals surface area contributed by atoms with Crippen LogP contribution in [0.4, 0.5) is 0 Å². The number of fused-ring (bicyclic) bond motifs is 3. The average Bonchev–Trinajstić information content (AvgIpc) is 3.72. The van der Waals surface area contributed by atoms with Crippen LogP contribution in [0.3, 0.4) is 0 Å².